The minimum absolute atomic E-state index is 0.0272. The summed E-state index contributed by atoms with van der Waals surface area (Å²) in [6.45, 7) is 13.5. The lowest BCUT2D eigenvalue weighted by atomic mass is 9.62. The number of rotatable bonds is 6. The molecule has 0 spiro atoms. The largest absolute Gasteiger partial charge is 0.493 e. The van der Waals surface area contributed by atoms with Gasteiger partial charge in [-0.3, -0.25) is 4.79 Å². The van der Waals surface area contributed by atoms with E-state index < -0.39 is 5.83 Å². The van der Waals surface area contributed by atoms with Crippen LogP contribution >= 0.6 is 0 Å². The minimum Gasteiger partial charge on any atom is -0.493 e. The fraction of sp³-hybridized carbons (Fsp3) is 0.591. The monoisotopic (exact) mass is 346 g/mol. The van der Waals surface area contributed by atoms with E-state index in [1.54, 1.807) is 0 Å². The molecule has 1 aliphatic carbocycles. The third-order valence-corrected chi connectivity index (χ3v) is 5.49. The highest BCUT2D eigenvalue weighted by molar-refractivity contribution is 5.87. The van der Waals surface area contributed by atoms with Gasteiger partial charge in [-0.25, -0.2) is 4.39 Å². The molecule has 0 aliphatic heterocycles. The number of hydrogen-bond donors (Lipinski definition) is 0. The summed E-state index contributed by atoms with van der Waals surface area (Å²) in [5, 5.41) is 0. The average molecular weight is 346 g/mol. The number of fused-ring (bicyclic) bond motifs is 1. The van der Waals surface area contributed by atoms with Crippen LogP contribution in [0, 0.1) is 0 Å². The maximum atomic E-state index is 14.2. The molecule has 25 heavy (non-hydrogen) atoms. The Hall–Kier alpha value is -1.64. The number of carbonyl (C=O) groups excluding carboxylic acids is 1. The number of aldehydes is 1. The second-order valence-corrected chi connectivity index (χ2v) is 8.31. The smallest absolute Gasteiger partial charge is 0.178 e. The van der Waals surface area contributed by atoms with E-state index in [1.165, 1.54) is 11.1 Å². The molecule has 0 atom stereocenters. The topological polar surface area (TPSA) is 26.3 Å². The fourth-order valence-corrected chi connectivity index (χ4v) is 3.72. The van der Waals surface area contributed by atoms with Gasteiger partial charge in [0.1, 0.15) is 5.75 Å². The van der Waals surface area contributed by atoms with E-state index in [1.807, 2.05) is 13.8 Å². The lowest BCUT2D eigenvalue weighted by Gasteiger charge is -2.42. The van der Waals surface area contributed by atoms with Crippen LogP contribution in [0.1, 0.15) is 83.9 Å². The summed E-state index contributed by atoms with van der Waals surface area (Å²) in [4.78, 5) is 11.0. The maximum Gasteiger partial charge on any atom is 0.178 e. The number of carbonyl (C=O) groups is 1. The first-order valence-corrected chi connectivity index (χ1v) is 9.34. The molecule has 1 aliphatic rings. The minimum atomic E-state index is -0.698. The molecule has 1 aromatic rings. The van der Waals surface area contributed by atoms with Crippen LogP contribution in [0.5, 0.6) is 5.75 Å². The Morgan fingerprint density at radius 3 is 2.16 bits per heavy atom. The molecule has 0 heterocycles. The number of allylic oxidation sites excluding steroid dienone is 2. The summed E-state index contributed by atoms with van der Waals surface area (Å²) in [6, 6.07) is 4.16. The lowest BCUT2D eigenvalue weighted by molar-refractivity contribution is -0.106. The molecule has 0 saturated carbocycles. The van der Waals surface area contributed by atoms with Gasteiger partial charge in [0, 0.05) is 11.1 Å². The normalized spacial score (nSPS) is 19.0. The molecule has 3 heteroatoms. The lowest BCUT2D eigenvalue weighted by Crippen LogP contribution is -2.34. The quantitative estimate of drug-likeness (QED) is 0.458. The van der Waals surface area contributed by atoms with Gasteiger partial charge in [0.2, 0.25) is 0 Å². The van der Waals surface area contributed by atoms with Gasteiger partial charge in [-0.15, -0.1) is 0 Å². The standard InChI is InChI=1S/C22H31FO2/c1-7-11-25-20-13-18-17(21(3,4)9-10-22(18,5)6)12-16(20)15(8-2)19(23)14-24/h12-14H,7-11H2,1-6H3/b19-15+. The molecule has 1 aromatic carbocycles. The van der Waals surface area contributed by atoms with Crippen LogP contribution in [0.15, 0.2) is 18.0 Å². The van der Waals surface area contributed by atoms with Gasteiger partial charge >= 0.3 is 0 Å². The summed E-state index contributed by atoms with van der Waals surface area (Å²) in [6.07, 6.45) is 3.83. The van der Waals surface area contributed by atoms with Gasteiger partial charge in [0.05, 0.1) is 6.61 Å². The SMILES string of the molecule is CCCOc1cc2c(cc1/C(CC)=C(/F)C=O)C(C)(C)CCC2(C)C. The molecule has 0 radical (unpaired) electrons. The van der Waals surface area contributed by atoms with E-state index in [-0.39, 0.29) is 10.8 Å². The van der Waals surface area contributed by atoms with E-state index in [2.05, 4.69) is 39.8 Å². The van der Waals surface area contributed by atoms with Crippen molar-refractivity contribution in [2.45, 2.75) is 78.1 Å². The van der Waals surface area contributed by atoms with Crippen molar-refractivity contribution in [3.8, 4) is 5.75 Å². The average Bonchev–Trinajstić information content (AvgIpc) is 2.57. The van der Waals surface area contributed by atoms with E-state index in [0.29, 0.717) is 30.6 Å². The number of benzene rings is 1. The summed E-state index contributed by atoms with van der Waals surface area (Å²) >= 11 is 0. The Morgan fingerprint density at radius 2 is 1.68 bits per heavy atom. The number of ether oxygens (including phenoxy) is 1. The molecular formula is C22H31FO2. The Kier molecular flexibility index (Phi) is 5.75. The Bertz CT molecular complexity index is 684. The second kappa shape index (κ2) is 7.31. The molecule has 0 amide bonds. The van der Waals surface area contributed by atoms with E-state index >= 15 is 0 Å². The highest BCUT2D eigenvalue weighted by atomic mass is 19.1. The molecule has 2 rings (SSSR count). The van der Waals surface area contributed by atoms with Crippen molar-refractivity contribution < 1.29 is 13.9 Å². The molecule has 0 saturated heterocycles. The van der Waals surface area contributed by atoms with Crippen LogP contribution in [-0.4, -0.2) is 12.9 Å². The summed E-state index contributed by atoms with van der Waals surface area (Å²) in [7, 11) is 0. The predicted molar refractivity (Wildman–Crippen MR) is 102 cm³/mol. The first-order valence-electron chi connectivity index (χ1n) is 9.34. The van der Waals surface area contributed by atoms with Crippen LogP contribution < -0.4 is 4.74 Å². The molecular weight excluding hydrogens is 315 g/mol. The highest BCUT2D eigenvalue weighted by Gasteiger charge is 2.38. The van der Waals surface area contributed by atoms with Crippen LogP contribution in [0.2, 0.25) is 0 Å². The number of hydrogen-bond acceptors (Lipinski definition) is 2. The van der Waals surface area contributed by atoms with Crippen LogP contribution in [0.25, 0.3) is 5.57 Å². The third-order valence-electron chi connectivity index (χ3n) is 5.49. The molecule has 2 nitrogen and oxygen atoms in total. The van der Waals surface area contributed by atoms with Gasteiger partial charge in [-0.2, -0.15) is 0 Å². The molecule has 0 bridgehead atoms. The maximum absolute atomic E-state index is 14.2. The van der Waals surface area contributed by atoms with Crippen molar-refractivity contribution >= 4 is 11.9 Å². The van der Waals surface area contributed by atoms with Crippen molar-refractivity contribution in [2.75, 3.05) is 6.61 Å². The van der Waals surface area contributed by atoms with Gasteiger partial charge < -0.3 is 4.74 Å². The van der Waals surface area contributed by atoms with Crippen LogP contribution in [0.3, 0.4) is 0 Å². The van der Waals surface area contributed by atoms with Crippen molar-refractivity contribution in [2.24, 2.45) is 0 Å². The Morgan fingerprint density at radius 1 is 1.12 bits per heavy atom. The van der Waals surface area contributed by atoms with E-state index in [0.717, 1.165) is 24.8 Å². The van der Waals surface area contributed by atoms with Gasteiger partial charge in [-0.1, -0.05) is 41.5 Å². The van der Waals surface area contributed by atoms with Gasteiger partial charge in [0.25, 0.3) is 0 Å². The fourth-order valence-electron chi connectivity index (χ4n) is 3.72. The van der Waals surface area contributed by atoms with Gasteiger partial charge in [-0.05, 0) is 59.8 Å². The molecule has 0 N–H and O–H groups in total. The van der Waals surface area contributed by atoms with E-state index in [9.17, 15) is 9.18 Å². The Labute approximate surface area is 151 Å². The third kappa shape index (κ3) is 3.80. The van der Waals surface area contributed by atoms with Crippen LogP contribution in [-0.2, 0) is 15.6 Å². The highest BCUT2D eigenvalue weighted by Crippen LogP contribution is 2.49. The first kappa shape index (κ1) is 19.7. The van der Waals surface area contributed by atoms with Crippen LogP contribution in [0.4, 0.5) is 4.39 Å². The Balaban J connectivity index is 2.76. The zero-order valence-corrected chi connectivity index (χ0v) is 16.5. The zero-order valence-electron chi connectivity index (χ0n) is 16.5. The zero-order chi connectivity index (χ0) is 18.8. The van der Waals surface area contributed by atoms with Crippen molar-refractivity contribution in [1.29, 1.82) is 0 Å². The number of halogens is 1. The van der Waals surface area contributed by atoms with E-state index in [4.69, 9.17) is 4.74 Å². The molecule has 0 unspecified atom stereocenters. The first-order chi connectivity index (χ1) is 11.7. The summed E-state index contributed by atoms with van der Waals surface area (Å²) in [5.41, 5.74) is 3.77. The van der Waals surface area contributed by atoms with Crippen molar-refractivity contribution in [3.05, 3.63) is 34.6 Å². The van der Waals surface area contributed by atoms with Crippen molar-refractivity contribution in [1.82, 2.24) is 0 Å². The second-order valence-electron chi connectivity index (χ2n) is 8.31. The molecule has 0 aromatic heterocycles. The summed E-state index contributed by atoms with van der Waals surface area (Å²) < 4.78 is 20.2. The molecule has 0 fully saturated rings. The summed E-state index contributed by atoms with van der Waals surface area (Å²) in [5.74, 6) is -0.00287. The predicted octanol–water partition coefficient (Wildman–Crippen LogP) is 6.11. The molecule has 138 valence electrons. The van der Waals surface area contributed by atoms with Crippen molar-refractivity contribution in [3.63, 3.8) is 0 Å². The van der Waals surface area contributed by atoms with Gasteiger partial charge in [0.15, 0.2) is 12.1 Å².